The van der Waals surface area contributed by atoms with Gasteiger partial charge in [-0.2, -0.15) is 17.2 Å². The van der Waals surface area contributed by atoms with Crippen LogP contribution in [0.2, 0.25) is 0 Å². The molecule has 108 valence electrons. The van der Waals surface area contributed by atoms with Crippen molar-refractivity contribution in [3.05, 3.63) is 0 Å². The predicted octanol–water partition coefficient (Wildman–Crippen LogP) is 0.212. The maximum atomic E-state index is 12.9. The van der Waals surface area contributed by atoms with Crippen LogP contribution in [0, 0.1) is 0 Å². The molecule has 0 aromatic rings. The zero-order valence-electron chi connectivity index (χ0n) is 10.1. The van der Waals surface area contributed by atoms with Gasteiger partial charge in [-0.1, -0.05) is 0 Å². The predicted molar refractivity (Wildman–Crippen MR) is 56.0 cm³/mol. The lowest BCUT2D eigenvalue weighted by atomic mass is 9.83. The zero-order chi connectivity index (χ0) is 14.2. The molecule has 6 nitrogen and oxygen atoms in total. The van der Waals surface area contributed by atoms with Crippen LogP contribution in [0.5, 0.6) is 0 Å². The van der Waals surface area contributed by atoms with Gasteiger partial charge < -0.3 is 9.47 Å². The molecule has 3 rings (SSSR count). The van der Waals surface area contributed by atoms with Gasteiger partial charge in [0, 0.05) is 6.92 Å². The molecule has 5 unspecified atom stereocenters. The molecular weight excluding hydrogens is 286 g/mol. The molecule has 0 amide bonds. The Kier molecular flexibility index (Phi) is 2.39. The van der Waals surface area contributed by atoms with Gasteiger partial charge in [0.2, 0.25) is 0 Å². The molecule has 0 aromatic carbocycles. The number of esters is 1. The molecule has 0 aromatic heterocycles. The van der Waals surface area contributed by atoms with E-state index >= 15 is 0 Å². The van der Waals surface area contributed by atoms with Crippen molar-refractivity contribution in [1.82, 2.24) is 0 Å². The van der Waals surface area contributed by atoms with Crippen LogP contribution in [0.4, 0.5) is 8.78 Å². The molecule has 19 heavy (non-hydrogen) atoms. The summed E-state index contributed by atoms with van der Waals surface area (Å²) in [5, 5.41) is -0.806. The Bertz CT molecular complexity index is 541. The van der Waals surface area contributed by atoms with Crippen molar-refractivity contribution in [2.24, 2.45) is 0 Å². The van der Waals surface area contributed by atoms with Crippen LogP contribution in [-0.2, 0) is 28.6 Å². The highest BCUT2D eigenvalue weighted by atomic mass is 32.2. The van der Waals surface area contributed by atoms with Crippen molar-refractivity contribution < 1.29 is 35.6 Å². The molecule has 3 fully saturated rings. The number of carbonyl (C=O) groups is 1. The van der Waals surface area contributed by atoms with E-state index in [-0.39, 0.29) is 6.42 Å². The molecule has 3 aliphatic heterocycles. The monoisotopic (exact) mass is 298 g/mol. The van der Waals surface area contributed by atoms with Gasteiger partial charge in [0.25, 0.3) is 10.1 Å². The molecule has 0 N–H and O–H groups in total. The molecule has 0 spiro atoms. The Morgan fingerprint density at radius 1 is 1.47 bits per heavy atom. The molecule has 0 aliphatic carbocycles. The second kappa shape index (κ2) is 3.44. The van der Waals surface area contributed by atoms with Crippen molar-refractivity contribution >= 4 is 16.1 Å². The zero-order valence-corrected chi connectivity index (χ0v) is 10.9. The van der Waals surface area contributed by atoms with Gasteiger partial charge in [-0.15, -0.1) is 0 Å². The Morgan fingerprint density at radius 3 is 2.68 bits per heavy atom. The first-order chi connectivity index (χ1) is 8.56. The molecular formula is C10H12F2O6S. The smallest absolute Gasteiger partial charge is 0.377 e. The first kappa shape index (κ1) is 13.2. The van der Waals surface area contributed by atoms with Crippen LogP contribution in [0.25, 0.3) is 0 Å². The average molecular weight is 298 g/mol. The minimum absolute atomic E-state index is 0.0931. The summed E-state index contributed by atoms with van der Waals surface area (Å²) in [7, 11) is -3.80. The fourth-order valence-corrected chi connectivity index (χ4v) is 4.88. The van der Waals surface area contributed by atoms with Gasteiger partial charge in [-0.3, -0.25) is 4.18 Å². The molecule has 3 heterocycles. The summed E-state index contributed by atoms with van der Waals surface area (Å²) in [4.78, 5) is 11.2. The number of rotatable bonds is 2. The number of alkyl halides is 2. The van der Waals surface area contributed by atoms with Crippen molar-refractivity contribution in [2.75, 3.05) is 0 Å². The summed E-state index contributed by atoms with van der Waals surface area (Å²) in [5.41, 5.74) is -1.41. The highest BCUT2D eigenvalue weighted by Crippen LogP contribution is 2.54. The number of carbonyl (C=O) groups excluding carboxylic acids is 1. The van der Waals surface area contributed by atoms with Crippen molar-refractivity contribution in [2.45, 2.75) is 55.4 Å². The average Bonchev–Trinajstić information content (AvgIpc) is 2.79. The Hall–Kier alpha value is -0.800. The molecule has 0 radical (unpaired) electrons. The van der Waals surface area contributed by atoms with E-state index in [0.717, 1.165) is 0 Å². The number of halogens is 2. The molecule has 2 bridgehead atoms. The Balaban J connectivity index is 1.89. The van der Waals surface area contributed by atoms with Crippen molar-refractivity contribution in [3.63, 3.8) is 0 Å². The number of fused-ring (bicyclic) bond motifs is 1. The Morgan fingerprint density at radius 2 is 2.11 bits per heavy atom. The third kappa shape index (κ3) is 1.64. The van der Waals surface area contributed by atoms with E-state index in [4.69, 9.17) is 13.7 Å². The topological polar surface area (TPSA) is 78.9 Å². The van der Waals surface area contributed by atoms with Crippen LogP contribution >= 0.6 is 0 Å². The van der Waals surface area contributed by atoms with E-state index < -0.39 is 51.2 Å². The van der Waals surface area contributed by atoms with E-state index in [0.29, 0.717) is 6.92 Å². The summed E-state index contributed by atoms with van der Waals surface area (Å²) in [5.74, 6) is -5.35. The quantitative estimate of drug-likeness (QED) is 0.536. The third-order valence-corrected chi connectivity index (χ3v) is 5.62. The maximum Gasteiger partial charge on any atom is 0.377 e. The molecule has 9 heteroatoms. The summed E-state index contributed by atoms with van der Waals surface area (Å²) in [6, 6.07) is 0. The SMILES string of the molecule is CC(F)(F)C(=O)OC1C2CC3C(O2)C1(C)OS3(=O)=O. The normalized spacial score (nSPS) is 46.5. The summed E-state index contributed by atoms with van der Waals surface area (Å²) in [6.07, 6.45) is -2.53. The highest BCUT2D eigenvalue weighted by molar-refractivity contribution is 7.87. The van der Waals surface area contributed by atoms with Crippen LogP contribution in [0.1, 0.15) is 20.3 Å². The number of hydrogen-bond donors (Lipinski definition) is 0. The summed E-state index contributed by atoms with van der Waals surface area (Å²) < 4.78 is 64.3. The summed E-state index contributed by atoms with van der Waals surface area (Å²) in [6.45, 7) is 1.82. The van der Waals surface area contributed by atoms with Gasteiger partial charge in [-0.25, -0.2) is 4.79 Å². The number of ether oxygens (including phenoxy) is 2. The first-order valence-electron chi connectivity index (χ1n) is 5.74. The highest BCUT2D eigenvalue weighted by Gasteiger charge is 2.74. The number of hydrogen-bond acceptors (Lipinski definition) is 6. The van der Waals surface area contributed by atoms with Gasteiger partial charge in [0.1, 0.15) is 11.4 Å². The van der Waals surface area contributed by atoms with Gasteiger partial charge in [-0.05, 0) is 13.3 Å². The fourth-order valence-electron chi connectivity index (χ4n) is 3.00. The standard InChI is InChI=1S/C10H12F2O6S/c1-9-6(17-8(13)10(2,11)12)4-3-5(7(9)16-4)19(14,15)18-9/h4-7H,3H2,1-2H3. The van der Waals surface area contributed by atoms with E-state index in [1.54, 1.807) is 0 Å². The third-order valence-electron chi connectivity index (χ3n) is 3.85. The minimum Gasteiger partial charge on any atom is -0.452 e. The molecule has 5 atom stereocenters. The van der Waals surface area contributed by atoms with Crippen molar-refractivity contribution in [3.8, 4) is 0 Å². The van der Waals surface area contributed by atoms with Gasteiger partial charge >= 0.3 is 11.9 Å². The van der Waals surface area contributed by atoms with Crippen molar-refractivity contribution in [1.29, 1.82) is 0 Å². The molecule has 3 aliphatic rings. The lowest BCUT2D eigenvalue weighted by Gasteiger charge is -2.31. The second-order valence-corrected chi connectivity index (χ2v) is 7.10. The lowest BCUT2D eigenvalue weighted by Crippen LogP contribution is -2.52. The molecule has 0 saturated carbocycles. The van der Waals surface area contributed by atoms with Crippen LogP contribution < -0.4 is 0 Å². The van der Waals surface area contributed by atoms with E-state index in [1.165, 1.54) is 6.92 Å². The second-order valence-electron chi connectivity index (χ2n) is 5.34. The van der Waals surface area contributed by atoms with E-state index in [2.05, 4.69) is 0 Å². The largest absolute Gasteiger partial charge is 0.452 e. The summed E-state index contributed by atoms with van der Waals surface area (Å²) >= 11 is 0. The van der Waals surface area contributed by atoms with Crippen LogP contribution in [0.3, 0.4) is 0 Å². The minimum atomic E-state index is -3.80. The fraction of sp³-hybridized carbons (Fsp3) is 0.900. The van der Waals surface area contributed by atoms with Gasteiger partial charge in [0.15, 0.2) is 11.7 Å². The van der Waals surface area contributed by atoms with Gasteiger partial charge in [0.05, 0.1) is 6.10 Å². The van der Waals surface area contributed by atoms with Crippen LogP contribution in [0.15, 0.2) is 0 Å². The maximum absolute atomic E-state index is 12.9. The van der Waals surface area contributed by atoms with E-state index in [9.17, 15) is 22.0 Å². The lowest BCUT2D eigenvalue weighted by molar-refractivity contribution is -0.184. The molecule has 3 saturated heterocycles. The Labute approximate surface area is 108 Å². The van der Waals surface area contributed by atoms with Crippen LogP contribution in [-0.4, -0.2) is 49.5 Å². The van der Waals surface area contributed by atoms with E-state index in [1.807, 2.05) is 0 Å². The first-order valence-corrected chi connectivity index (χ1v) is 7.22.